The van der Waals surface area contributed by atoms with E-state index in [1.54, 1.807) is 7.11 Å². The Hall–Kier alpha value is -1.06. The lowest BCUT2D eigenvalue weighted by molar-refractivity contribution is 0.202. The maximum Gasteiger partial charge on any atom is 0.0503 e. The van der Waals surface area contributed by atoms with E-state index in [9.17, 15) is 0 Å². The molecule has 0 aliphatic rings. The van der Waals surface area contributed by atoms with E-state index in [1.807, 2.05) is 0 Å². The molecule has 0 unspecified atom stereocenters. The van der Waals surface area contributed by atoms with Crippen LogP contribution < -0.4 is 5.32 Å². The number of benzene rings is 1. The lowest BCUT2D eigenvalue weighted by atomic mass is 10.1. The van der Waals surface area contributed by atoms with Gasteiger partial charge in [0.05, 0.1) is 6.61 Å². The summed E-state index contributed by atoms with van der Waals surface area (Å²) in [4.78, 5) is 2.17. The van der Waals surface area contributed by atoms with Crippen LogP contribution in [0.4, 0.5) is 5.69 Å². The zero-order valence-electron chi connectivity index (χ0n) is 10.5. The summed E-state index contributed by atoms with van der Waals surface area (Å²) in [5.74, 6) is 0. The molecule has 0 aliphatic carbocycles. The Labute approximate surface area is 98.4 Å². The summed E-state index contributed by atoms with van der Waals surface area (Å²) in [6.45, 7) is 2.78. The van der Waals surface area contributed by atoms with Gasteiger partial charge in [-0.2, -0.15) is 0 Å². The summed E-state index contributed by atoms with van der Waals surface area (Å²) in [7, 11) is 5.90. The third-order valence-corrected chi connectivity index (χ3v) is 2.47. The molecule has 0 heterocycles. The molecule has 0 fully saturated rings. The number of hydrogen-bond acceptors (Lipinski definition) is 3. The SMILES string of the molecule is COCCc1ccccc1NCCN(C)C. The van der Waals surface area contributed by atoms with Gasteiger partial charge in [-0.05, 0) is 32.1 Å². The zero-order valence-corrected chi connectivity index (χ0v) is 10.5. The third-order valence-electron chi connectivity index (χ3n) is 2.47. The first-order chi connectivity index (χ1) is 7.74. The van der Waals surface area contributed by atoms with Gasteiger partial charge in [-0.25, -0.2) is 0 Å². The summed E-state index contributed by atoms with van der Waals surface area (Å²) in [5, 5.41) is 3.46. The molecule has 0 atom stereocenters. The van der Waals surface area contributed by atoms with Gasteiger partial charge in [0.2, 0.25) is 0 Å². The number of ether oxygens (including phenoxy) is 1. The molecule has 90 valence electrons. The van der Waals surface area contributed by atoms with Gasteiger partial charge in [-0.15, -0.1) is 0 Å². The first-order valence-corrected chi connectivity index (χ1v) is 5.69. The van der Waals surface area contributed by atoms with E-state index >= 15 is 0 Å². The van der Waals surface area contributed by atoms with E-state index in [4.69, 9.17) is 4.74 Å². The van der Waals surface area contributed by atoms with Crippen LogP contribution in [0.1, 0.15) is 5.56 Å². The second-order valence-electron chi connectivity index (χ2n) is 4.13. The van der Waals surface area contributed by atoms with Crippen LogP contribution in [0.3, 0.4) is 0 Å². The van der Waals surface area contributed by atoms with Crippen molar-refractivity contribution < 1.29 is 4.74 Å². The molecule has 0 saturated heterocycles. The molecule has 3 nitrogen and oxygen atoms in total. The molecule has 0 radical (unpaired) electrons. The number of para-hydroxylation sites is 1. The van der Waals surface area contributed by atoms with Gasteiger partial charge in [-0.1, -0.05) is 18.2 Å². The Kier molecular flexibility index (Phi) is 5.90. The molecule has 0 aliphatic heterocycles. The van der Waals surface area contributed by atoms with Crippen molar-refractivity contribution >= 4 is 5.69 Å². The summed E-state index contributed by atoms with van der Waals surface area (Å²) >= 11 is 0. The number of hydrogen-bond donors (Lipinski definition) is 1. The zero-order chi connectivity index (χ0) is 11.8. The predicted octanol–water partition coefficient (Wildman–Crippen LogP) is 1.85. The molecule has 1 rings (SSSR count). The van der Waals surface area contributed by atoms with Crippen molar-refractivity contribution in [2.24, 2.45) is 0 Å². The van der Waals surface area contributed by atoms with Crippen molar-refractivity contribution in [1.82, 2.24) is 4.90 Å². The summed E-state index contributed by atoms with van der Waals surface area (Å²) in [6.07, 6.45) is 0.960. The Bertz CT molecular complexity index is 300. The summed E-state index contributed by atoms with van der Waals surface area (Å²) in [5.41, 5.74) is 2.55. The molecular weight excluding hydrogens is 200 g/mol. The number of rotatable bonds is 7. The van der Waals surface area contributed by atoms with Crippen LogP contribution in [0.2, 0.25) is 0 Å². The lowest BCUT2D eigenvalue weighted by Crippen LogP contribution is -2.21. The molecule has 0 saturated carbocycles. The molecule has 1 aromatic carbocycles. The van der Waals surface area contributed by atoms with Gasteiger partial charge in [0.25, 0.3) is 0 Å². The highest BCUT2D eigenvalue weighted by atomic mass is 16.5. The molecule has 0 amide bonds. The van der Waals surface area contributed by atoms with Crippen molar-refractivity contribution in [3.05, 3.63) is 29.8 Å². The normalized spacial score (nSPS) is 10.8. The average Bonchev–Trinajstić information content (AvgIpc) is 2.27. The maximum absolute atomic E-state index is 5.11. The second kappa shape index (κ2) is 7.25. The molecular formula is C13H22N2O. The van der Waals surface area contributed by atoms with Gasteiger partial charge in [0.15, 0.2) is 0 Å². The lowest BCUT2D eigenvalue weighted by Gasteiger charge is -2.14. The largest absolute Gasteiger partial charge is 0.384 e. The number of likely N-dealkylation sites (N-methyl/N-ethyl adjacent to an activating group) is 1. The van der Waals surface area contributed by atoms with Crippen LogP contribution in [0.25, 0.3) is 0 Å². The van der Waals surface area contributed by atoms with E-state index in [0.717, 1.165) is 26.1 Å². The van der Waals surface area contributed by atoms with Gasteiger partial charge in [-0.3, -0.25) is 0 Å². The number of nitrogens with zero attached hydrogens (tertiary/aromatic N) is 1. The maximum atomic E-state index is 5.11. The van der Waals surface area contributed by atoms with E-state index in [0.29, 0.717) is 0 Å². The van der Waals surface area contributed by atoms with Crippen molar-refractivity contribution in [3.63, 3.8) is 0 Å². The Morgan fingerprint density at radius 1 is 1.25 bits per heavy atom. The minimum Gasteiger partial charge on any atom is -0.384 e. The fraction of sp³-hybridized carbons (Fsp3) is 0.538. The van der Waals surface area contributed by atoms with Gasteiger partial charge >= 0.3 is 0 Å². The molecule has 1 N–H and O–H groups in total. The Balaban J connectivity index is 2.49. The molecule has 0 bridgehead atoms. The molecule has 16 heavy (non-hydrogen) atoms. The molecule has 3 heteroatoms. The van der Waals surface area contributed by atoms with Crippen LogP contribution in [0, 0.1) is 0 Å². The predicted molar refractivity (Wildman–Crippen MR) is 69.1 cm³/mol. The molecule has 1 aromatic rings. The van der Waals surface area contributed by atoms with Crippen molar-refractivity contribution in [2.75, 3.05) is 46.2 Å². The molecule has 0 aromatic heterocycles. The summed E-state index contributed by atoms with van der Waals surface area (Å²) in [6, 6.07) is 8.41. The highest BCUT2D eigenvalue weighted by Crippen LogP contribution is 2.15. The van der Waals surface area contributed by atoms with Crippen molar-refractivity contribution in [1.29, 1.82) is 0 Å². The van der Waals surface area contributed by atoms with Crippen LogP contribution in [0.15, 0.2) is 24.3 Å². The Morgan fingerprint density at radius 2 is 2.00 bits per heavy atom. The fourth-order valence-electron chi connectivity index (χ4n) is 1.54. The second-order valence-corrected chi connectivity index (χ2v) is 4.13. The smallest absolute Gasteiger partial charge is 0.0503 e. The minimum absolute atomic E-state index is 0.770. The van der Waals surface area contributed by atoms with Crippen molar-refractivity contribution in [3.8, 4) is 0 Å². The van der Waals surface area contributed by atoms with Crippen LogP contribution in [0.5, 0.6) is 0 Å². The van der Waals surface area contributed by atoms with E-state index in [2.05, 4.69) is 48.6 Å². The molecule has 0 spiro atoms. The van der Waals surface area contributed by atoms with Gasteiger partial charge < -0.3 is 15.0 Å². The van der Waals surface area contributed by atoms with E-state index in [-0.39, 0.29) is 0 Å². The topological polar surface area (TPSA) is 24.5 Å². The van der Waals surface area contributed by atoms with E-state index in [1.165, 1.54) is 11.3 Å². The number of methoxy groups -OCH3 is 1. The van der Waals surface area contributed by atoms with Gasteiger partial charge in [0.1, 0.15) is 0 Å². The van der Waals surface area contributed by atoms with Gasteiger partial charge in [0, 0.05) is 25.9 Å². The Morgan fingerprint density at radius 3 is 2.69 bits per heavy atom. The van der Waals surface area contributed by atoms with Crippen LogP contribution >= 0.6 is 0 Å². The minimum atomic E-state index is 0.770. The van der Waals surface area contributed by atoms with E-state index < -0.39 is 0 Å². The van der Waals surface area contributed by atoms with Crippen LogP contribution in [-0.2, 0) is 11.2 Å². The number of nitrogens with one attached hydrogen (secondary N) is 1. The monoisotopic (exact) mass is 222 g/mol. The highest BCUT2D eigenvalue weighted by Gasteiger charge is 2.00. The average molecular weight is 222 g/mol. The summed E-state index contributed by atoms with van der Waals surface area (Å²) < 4.78 is 5.11. The number of anilines is 1. The quantitative estimate of drug-likeness (QED) is 0.762. The standard InChI is InChI=1S/C13H22N2O/c1-15(2)10-9-14-13-7-5-4-6-12(13)8-11-16-3/h4-7,14H,8-11H2,1-3H3. The highest BCUT2D eigenvalue weighted by molar-refractivity contribution is 5.51. The fourth-order valence-corrected chi connectivity index (χ4v) is 1.54. The van der Waals surface area contributed by atoms with Crippen molar-refractivity contribution in [2.45, 2.75) is 6.42 Å². The first kappa shape index (κ1) is 13.0. The first-order valence-electron chi connectivity index (χ1n) is 5.69. The van der Waals surface area contributed by atoms with Crippen LogP contribution in [-0.4, -0.2) is 45.8 Å². The third kappa shape index (κ3) is 4.64.